The number of ether oxygens (including phenoxy) is 2. The molecule has 1 fully saturated rings. The van der Waals surface area contributed by atoms with Crippen LogP contribution in [0.4, 0.5) is 0 Å². The van der Waals surface area contributed by atoms with Crippen molar-refractivity contribution in [2.24, 2.45) is 0 Å². The molecule has 1 saturated heterocycles. The van der Waals surface area contributed by atoms with Crippen molar-refractivity contribution in [3.63, 3.8) is 0 Å². The number of methoxy groups -OCH3 is 1. The zero-order valence-corrected chi connectivity index (χ0v) is 17.9. The second-order valence-corrected chi connectivity index (χ2v) is 7.78. The lowest BCUT2D eigenvalue weighted by atomic mass is 10.0. The van der Waals surface area contributed by atoms with E-state index in [1.54, 1.807) is 25.3 Å². The highest BCUT2D eigenvalue weighted by Gasteiger charge is 2.27. The van der Waals surface area contributed by atoms with E-state index in [1.165, 1.54) is 12.5 Å². The van der Waals surface area contributed by atoms with E-state index in [4.69, 9.17) is 9.47 Å². The Balaban J connectivity index is 1.44. The molecule has 1 unspecified atom stereocenters. The van der Waals surface area contributed by atoms with Gasteiger partial charge in [-0.15, -0.1) is 0 Å². The van der Waals surface area contributed by atoms with Crippen molar-refractivity contribution in [2.45, 2.75) is 51.5 Å². The largest absolute Gasteiger partial charge is 0.493 e. The Kier molecular flexibility index (Phi) is 7.89. The molecule has 0 spiro atoms. The normalized spacial score (nSPS) is 15.8. The maximum absolute atomic E-state index is 12.7. The van der Waals surface area contributed by atoms with Crippen LogP contribution in [0.3, 0.4) is 0 Å². The molecule has 0 aromatic heterocycles. The zero-order valence-electron chi connectivity index (χ0n) is 17.9. The first-order valence-corrected chi connectivity index (χ1v) is 10.7. The first-order chi connectivity index (χ1) is 14.6. The molecule has 0 N–H and O–H groups in total. The Hall–Kier alpha value is -2.82. The smallest absolute Gasteiger partial charge is 0.222 e. The van der Waals surface area contributed by atoms with Gasteiger partial charge in [-0.05, 0) is 62.8 Å². The summed E-state index contributed by atoms with van der Waals surface area (Å²) in [6.45, 7) is 2.82. The Morgan fingerprint density at radius 1 is 1.10 bits per heavy atom. The van der Waals surface area contributed by atoms with Gasteiger partial charge < -0.3 is 14.4 Å². The summed E-state index contributed by atoms with van der Waals surface area (Å²) in [5.41, 5.74) is 1.92. The van der Waals surface area contributed by atoms with Crippen LogP contribution in [-0.4, -0.2) is 42.9 Å². The maximum atomic E-state index is 12.7. The number of Topliss-reactive ketones (excluding diaryl/α,β-unsaturated/α-hetero) is 1. The third kappa shape index (κ3) is 5.85. The Morgan fingerprint density at radius 3 is 2.63 bits per heavy atom. The van der Waals surface area contributed by atoms with E-state index in [9.17, 15) is 9.59 Å². The van der Waals surface area contributed by atoms with Gasteiger partial charge in [0.1, 0.15) is 0 Å². The number of hydrogen-bond donors (Lipinski definition) is 0. The maximum Gasteiger partial charge on any atom is 0.222 e. The lowest BCUT2D eigenvalue weighted by Crippen LogP contribution is -2.35. The third-order valence-electron chi connectivity index (χ3n) is 5.67. The summed E-state index contributed by atoms with van der Waals surface area (Å²) in [7, 11) is 1.55. The van der Waals surface area contributed by atoms with Crippen LogP contribution in [0.1, 0.15) is 54.9 Å². The lowest BCUT2D eigenvalue weighted by molar-refractivity contribution is -0.132. The molecule has 1 heterocycles. The number of carbonyl (C=O) groups is 2. The van der Waals surface area contributed by atoms with Crippen molar-refractivity contribution in [1.29, 1.82) is 0 Å². The quantitative estimate of drug-likeness (QED) is 0.422. The molecule has 1 aliphatic rings. The minimum Gasteiger partial charge on any atom is -0.493 e. The number of ketones is 1. The first kappa shape index (κ1) is 21.9. The van der Waals surface area contributed by atoms with Gasteiger partial charge in [-0.2, -0.15) is 0 Å². The SMILES string of the molecule is COc1cc(C(C)=O)ccc1OCCCC(=O)N1CCCC1CCc1ccccc1. The molecule has 0 saturated carbocycles. The summed E-state index contributed by atoms with van der Waals surface area (Å²) in [6.07, 6.45) is 5.34. The lowest BCUT2D eigenvalue weighted by Gasteiger charge is -2.25. The predicted octanol–water partition coefficient (Wildman–Crippen LogP) is 4.68. The molecule has 0 radical (unpaired) electrons. The van der Waals surface area contributed by atoms with Gasteiger partial charge in [-0.3, -0.25) is 9.59 Å². The van der Waals surface area contributed by atoms with Crippen LogP contribution in [-0.2, 0) is 11.2 Å². The monoisotopic (exact) mass is 409 g/mol. The fourth-order valence-corrected chi connectivity index (χ4v) is 4.00. The van der Waals surface area contributed by atoms with Crippen LogP contribution in [0.5, 0.6) is 11.5 Å². The van der Waals surface area contributed by atoms with E-state index in [0.29, 0.717) is 42.6 Å². The Morgan fingerprint density at radius 2 is 1.90 bits per heavy atom. The highest BCUT2D eigenvalue weighted by Crippen LogP contribution is 2.28. The van der Waals surface area contributed by atoms with E-state index < -0.39 is 0 Å². The first-order valence-electron chi connectivity index (χ1n) is 10.7. The number of aryl methyl sites for hydroxylation is 1. The van der Waals surface area contributed by atoms with Crippen molar-refractivity contribution in [3.05, 3.63) is 59.7 Å². The van der Waals surface area contributed by atoms with E-state index in [1.807, 2.05) is 6.07 Å². The molecule has 1 atom stereocenters. The van der Waals surface area contributed by atoms with Gasteiger partial charge in [-0.1, -0.05) is 30.3 Å². The summed E-state index contributed by atoms with van der Waals surface area (Å²) in [4.78, 5) is 26.3. The average Bonchev–Trinajstić information content (AvgIpc) is 3.24. The molecule has 0 aliphatic carbocycles. The molecule has 2 aromatic rings. The second-order valence-electron chi connectivity index (χ2n) is 7.78. The molecular formula is C25H31NO4. The molecule has 0 bridgehead atoms. The second kappa shape index (κ2) is 10.8. The summed E-state index contributed by atoms with van der Waals surface area (Å²) >= 11 is 0. The fourth-order valence-electron chi connectivity index (χ4n) is 4.00. The van der Waals surface area contributed by atoms with Crippen molar-refractivity contribution in [2.75, 3.05) is 20.3 Å². The van der Waals surface area contributed by atoms with E-state index in [2.05, 4.69) is 29.2 Å². The molecule has 1 aliphatic heterocycles. The van der Waals surface area contributed by atoms with Crippen molar-refractivity contribution >= 4 is 11.7 Å². The molecule has 30 heavy (non-hydrogen) atoms. The molecular weight excluding hydrogens is 378 g/mol. The minimum absolute atomic E-state index is 0.0159. The van der Waals surface area contributed by atoms with Crippen LogP contribution >= 0.6 is 0 Å². The van der Waals surface area contributed by atoms with E-state index in [-0.39, 0.29) is 11.7 Å². The molecule has 5 heteroatoms. The number of carbonyl (C=O) groups excluding carboxylic acids is 2. The van der Waals surface area contributed by atoms with Crippen LogP contribution in [0.25, 0.3) is 0 Å². The molecule has 2 aromatic carbocycles. The van der Waals surface area contributed by atoms with Gasteiger partial charge >= 0.3 is 0 Å². The van der Waals surface area contributed by atoms with Crippen LogP contribution in [0, 0.1) is 0 Å². The van der Waals surface area contributed by atoms with Crippen LogP contribution in [0.15, 0.2) is 48.5 Å². The van der Waals surface area contributed by atoms with Crippen LogP contribution < -0.4 is 9.47 Å². The molecule has 160 valence electrons. The number of hydrogen-bond acceptors (Lipinski definition) is 4. The molecule has 3 rings (SSSR count). The Labute approximate surface area is 179 Å². The number of likely N-dealkylation sites (tertiary alicyclic amines) is 1. The number of nitrogens with zero attached hydrogens (tertiary/aromatic N) is 1. The fraction of sp³-hybridized carbons (Fsp3) is 0.440. The summed E-state index contributed by atoms with van der Waals surface area (Å²) in [5, 5.41) is 0. The van der Waals surface area contributed by atoms with Gasteiger partial charge in [0.05, 0.1) is 13.7 Å². The predicted molar refractivity (Wildman–Crippen MR) is 117 cm³/mol. The van der Waals surface area contributed by atoms with Gasteiger partial charge in [-0.25, -0.2) is 0 Å². The molecule has 5 nitrogen and oxygen atoms in total. The van der Waals surface area contributed by atoms with Gasteiger partial charge in [0.15, 0.2) is 17.3 Å². The topological polar surface area (TPSA) is 55.8 Å². The van der Waals surface area contributed by atoms with Crippen LogP contribution in [0.2, 0.25) is 0 Å². The highest BCUT2D eigenvalue weighted by molar-refractivity contribution is 5.94. The summed E-state index contributed by atoms with van der Waals surface area (Å²) in [6, 6.07) is 16.0. The zero-order chi connectivity index (χ0) is 21.3. The van der Waals surface area contributed by atoms with Crippen molar-refractivity contribution in [1.82, 2.24) is 4.90 Å². The standard InChI is InChI=1S/C25H31NO4/c1-19(27)21-13-15-23(24(18-21)29-2)30-17-7-11-25(28)26-16-6-10-22(26)14-12-20-8-4-3-5-9-20/h3-5,8-9,13,15,18,22H,6-7,10-12,14,16-17H2,1-2H3. The van der Waals surface area contributed by atoms with Crippen molar-refractivity contribution in [3.8, 4) is 11.5 Å². The average molecular weight is 410 g/mol. The summed E-state index contributed by atoms with van der Waals surface area (Å²) < 4.78 is 11.1. The van der Waals surface area contributed by atoms with E-state index in [0.717, 1.165) is 32.2 Å². The highest BCUT2D eigenvalue weighted by atomic mass is 16.5. The summed E-state index contributed by atoms with van der Waals surface area (Å²) in [5.74, 6) is 1.33. The molecule has 1 amide bonds. The number of benzene rings is 2. The number of amides is 1. The van der Waals surface area contributed by atoms with Gasteiger partial charge in [0.2, 0.25) is 5.91 Å². The van der Waals surface area contributed by atoms with E-state index >= 15 is 0 Å². The van der Waals surface area contributed by atoms with Gasteiger partial charge in [0, 0.05) is 24.6 Å². The third-order valence-corrected chi connectivity index (χ3v) is 5.67. The number of rotatable bonds is 10. The van der Waals surface area contributed by atoms with Gasteiger partial charge in [0.25, 0.3) is 0 Å². The van der Waals surface area contributed by atoms with Crippen molar-refractivity contribution < 1.29 is 19.1 Å². The minimum atomic E-state index is -0.0159. The Bertz CT molecular complexity index is 849.